The molecule has 0 fully saturated rings. The van der Waals surface area contributed by atoms with Gasteiger partial charge < -0.3 is 0 Å². The Morgan fingerprint density at radius 2 is 0.806 bits per heavy atom. The van der Waals surface area contributed by atoms with E-state index in [9.17, 15) is 0 Å². The topological polar surface area (TPSA) is 0 Å². The fourth-order valence-corrected chi connectivity index (χ4v) is 5.52. The normalized spacial score (nSPS) is 11.1. The number of fused-ring (bicyclic) bond motifs is 4. The lowest BCUT2D eigenvalue weighted by Gasteiger charge is -2.19. The number of benzene rings is 7. The van der Waals surface area contributed by atoms with E-state index in [0.29, 0.717) is 0 Å². The molecule has 0 amide bonds. The highest BCUT2D eigenvalue weighted by Crippen LogP contribution is 2.45. The van der Waals surface area contributed by atoms with Gasteiger partial charge in [0.1, 0.15) is 0 Å². The van der Waals surface area contributed by atoms with Gasteiger partial charge in [0.15, 0.2) is 0 Å². The Bertz CT molecular complexity index is 1790. The molecule has 0 saturated carbocycles. The SMILES string of the molecule is CC.c1ccc2cc(-c3c4ccccc4c(-c4cccc5ccccc45)c4ccccc34)ccc2c1. The van der Waals surface area contributed by atoms with Crippen LogP contribution in [0.2, 0.25) is 0 Å². The zero-order valence-corrected chi connectivity index (χ0v) is 20.7. The van der Waals surface area contributed by atoms with Crippen molar-refractivity contribution in [2.75, 3.05) is 0 Å². The fraction of sp³-hybridized carbons (Fsp3) is 0.0556. The molecule has 0 heterocycles. The van der Waals surface area contributed by atoms with E-state index >= 15 is 0 Å². The van der Waals surface area contributed by atoms with Gasteiger partial charge in [0.05, 0.1) is 0 Å². The first-order valence-corrected chi connectivity index (χ1v) is 12.8. The van der Waals surface area contributed by atoms with E-state index in [2.05, 4.69) is 133 Å². The van der Waals surface area contributed by atoms with Crippen LogP contribution in [0.4, 0.5) is 0 Å². The fourth-order valence-electron chi connectivity index (χ4n) is 5.52. The second kappa shape index (κ2) is 9.32. The number of rotatable bonds is 2. The lowest BCUT2D eigenvalue weighted by Crippen LogP contribution is -1.91. The van der Waals surface area contributed by atoms with Crippen LogP contribution in [-0.2, 0) is 0 Å². The molecule has 0 saturated heterocycles. The molecule has 7 aromatic carbocycles. The molecule has 0 nitrogen and oxygen atoms in total. The lowest BCUT2D eigenvalue weighted by atomic mass is 9.84. The molecule has 0 spiro atoms. The van der Waals surface area contributed by atoms with E-state index in [0.717, 1.165) is 0 Å². The first-order valence-electron chi connectivity index (χ1n) is 12.8. The Labute approximate surface area is 212 Å². The van der Waals surface area contributed by atoms with Gasteiger partial charge in [-0.2, -0.15) is 0 Å². The highest BCUT2D eigenvalue weighted by Gasteiger charge is 2.17. The summed E-state index contributed by atoms with van der Waals surface area (Å²) in [6.45, 7) is 4.00. The average molecular weight is 461 g/mol. The van der Waals surface area contributed by atoms with Crippen LogP contribution in [-0.4, -0.2) is 0 Å². The summed E-state index contributed by atoms with van der Waals surface area (Å²) in [4.78, 5) is 0. The molecule has 0 aliphatic carbocycles. The second-order valence-electron chi connectivity index (χ2n) is 8.93. The van der Waals surface area contributed by atoms with Gasteiger partial charge in [-0.25, -0.2) is 0 Å². The smallest absolute Gasteiger partial charge is 0.00201 e. The van der Waals surface area contributed by atoms with Crippen LogP contribution in [0.25, 0.3) is 65.3 Å². The van der Waals surface area contributed by atoms with Crippen molar-refractivity contribution in [3.63, 3.8) is 0 Å². The zero-order chi connectivity index (χ0) is 24.5. The van der Waals surface area contributed by atoms with Crippen LogP contribution in [0.1, 0.15) is 13.8 Å². The van der Waals surface area contributed by atoms with E-state index in [1.165, 1.54) is 65.3 Å². The molecule has 0 aliphatic rings. The average Bonchev–Trinajstić information content (AvgIpc) is 2.96. The summed E-state index contributed by atoms with van der Waals surface area (Å²) in [5.41, 5.74) is 5.17. The molecular formula is C36H28. The third-order valence-corrected chi connectivity index (χ3v) is 7.03. The van der Waals surface area contributed by atoms with Gasteiger partial charge in [-0.3, -0.25) is 0 Å². The van der Waals surface area contributed by atoms with Gasteiger partial charge >= 0.3 is 0 Å². The highest BCUT2D eigenvalue weighted by atomic mass is 14.2. The molecule has 7 aromatic rings. The molecule has 0 atom stereocenters. The van der Waals surface area contributed by atoms with Crippen molar-refractivity contribution >= 4 is 43.1 Å². The predicted octanol–water partition coefficient (Wildman–Crippen LogP) is 10.7. The van der Waals surface area contributed by atoms with Crippen molar-refractivity contribution in [3.8, 4) is 22.3 Å². The molecule has 7 rings (SSSR count). The second-order valence-corrected chi connectivity index (χ2v) is 8.93. The lowest BCUT2D eigenvalue weighted by molar-refractivity contribution is 1.50. The molecule has 0 radical (unpaired) electrons. The third kappa shape index (κ3) is 3.54. The first kappa shape index (κ1) is 22.1. The van der Waals surface area contributed by atoms with Crippen LogP contribution in [0, 0.1) is 0 Å². The van der Waals surface area contributed by atoms with Crippen LogP contribution < -0.4 is 0 Å². The van der Waals surface area contributed by atoms with Crippen molar-refractivity contribution in [3.05, 3.63) is 133 Å². The molecule has 0 aliphatic heterocycles. The molecule has 0 N–H and O–H groups in total. The Balaban J connectivity index is 0.00000117. The summed E-state index contributed by atoms with van der Waals surface area (Å²) >= 11 is 0. The Kier molecular flexibility index (Phi) is 5.71. The summed E-state index contributed by atoms with van der Waals surface area (Å²) < 4.78 is 0. The Morgan fingerprint density at radius 3 is 1.44 bits per heavy atom. The van der Waals surface area contributed by atoms with Gasteiger partial charge in [0.25, 0.3) is 0 Å². The van der Waals surface area contributed by atoms with Gasteiger partial charge in [0.2, 0.25) is 0 Å². The van der Waals surface area contributed by atoms with Crippen molar-refractivity contribution in [2.24, 2.45) is 0 Å². The number of hydrogen-bond acceptors (Lipinski definition) is 0. The van der Waals surface area contributed by atoms with Crippen LogP contribution >= 0.6 is 0 Å². The summed E-state index contributed by atoms with van der Waals surface area (Å²) in [5.74, 6) is 0. The minimum Gasteiger partial charge on any atom is -0.0683 e. The quantitative estimate of drug-likeness (QED) is 0.225. The minimum absolute atomic E-state index is 1.26. The largest absolute Gasteiger partial charge is 0.0683 e. The molecule has 0 aromatic heterocycles. The van der Waals surface area contributed by atoms with Crippen molar-refractivity contribution in [1.82, 2.24) is 0 Å². The van der Waals surface area contributed by atoms with Crippen LogP contribution in [0.5, 0.6) is 0 Å². The Morgan fingerprint density at radius 1 is 0.333 bits per heavy atom. The van der Waals surface area contributed by atoms with Crippen LogP contribution in [0.3, 0.4) is 0 Å². The minimum atomic E-state index is 1.26. The van der Waals surface area contributed by atoms with Crippen molar-refractivity contribution in [2.45, 2.75) is 13.8 Å². The molecule has 0 heteroatoms. The molecule has 0 unspecified atom stereocenters. The molecular weight excluding hydrogens is 432 g/mol. The van der Waals surface area contributed by atoms with E-state index in [1.807, 2.05) is 13.8 Å². The maximum absolute atomic E-state index is 2.33. The zero-order valence-electron chi connectivity index (χ0n) is 20.7. The predicted molar refractivity (Wildman–Crippen MR) is 159 cm³/mol. The van der Waals surface area contributed by atoms with Gasteiger partial charge in [-0.1, -0.05) is 141 Å². The van der Waals surface area contributed by atoms with Crippen molar-refractivity contribution < 1.29 is 0 Å². The monoisotopic (exact) mass is 460 g/mol. The van der Waals surface area contributed by atoms with E-state index in [1.54, 1.807) is 0 Å². The van der Waals surface area contributed by atoms with Crippen molar-refractivity contribution in [1.29, 1.82) is 0 Å². The van der Waals surface area contributed by atoms with E-state index < -0.39 is 0 Å². The van der Waals surface area contributed by atoms with Gasteiger partial charge in [0, 0.05) is 0 Å². The van der Waals surface area contributed by atoms with Gasteiger partial charge in [-0.15, -0.1) is 0 Å². The number of hydrogen-bond donors (Lipinski definition) is 0. The highest BCUT2D eigenvalue weighted by molar-refractivity contribution is 6.23. The van der Waals surface area contributed by atoms with E-state index in [4.69, 9.17) is 0 Å². The Hall–Kier alpha value is -4.42. The maximum atomic E-state index is 2.33. The summed E-state index contributed by atoms with van der Waals surface area (Å²) in [6.07, 6.45) is 0. The molecule has 0 bridgehead atoms. The summed E-state index contributed by atoms with van der Waals surface area (Å²) in [6, 6.07) is 48.6. The van der Waals surface area contributed by atoms with Crippen LogP contribution in [0.15, 0.2) is 133 Å². The standard InChI is InChI=1S/C34H22.C2H6/c1-2-12-25-22-26(21-20-23(25)10-1)33-29-15-5-7-17-31(29)34(32-18-8-6-16-30(32)33)28-19-9-13-24-11-3-4-14-27(24)28;1-2/h1-22H;1-2H3. The summed E-state index contributed by atoms with van der Waals surface area (Å²) in [7, 11) is 0. The van der Waals surface area contributed by atoms with E-state index in [-0.39, 0.29) is 0 Å². The molecule has 172 valence electrons. The summed E-state index contributed by atoms with van der Waals surface area (Å²) in [5, 5.41) is 10.3. The maximum Gasteiger partial charge on any atom is -0.00201 e. The van der Waals surface area contributed by atoms with Gasteiger partial charge in [-0.05, 0) is 71.4 Å². The first-order chi connectivity index (χ1) is 17.9. The third-order valence-electron chi connectivity index (χ3n) is 7.03. The molecule has 36 heavy (non-hydrogen) atoms.